The highest BCUT2D eigenvalue weighted by Gasteiger charge is 2.42. The third-order valence-electron chi connectivity index (χ3n) is 5.85. The number of benzene rings is 2. The van der Waals surface area contributed by atoms with E-state index in [4.69, 9.17) is 9.47 Å². The lowest BCUT2D eigenvalue weighted by Crippen LogP contribution is -2.51. The van der Waals surface area contributed by atoms with Crippen molar-refractivity contribution < 1.29 is 19.7 Å². The van der Waals surface area contributed by atoms with Crippen LogP contribution in [0.4, 0.5) is 0 Å². The second kappa shape index (κ2) is 7.50. The van der Waals surface area contributed by atoms with Crippen LogP contribution in [0.3, 0.4) is 0 Å². The highest BCUT2D eigenvalue weighted by atomic mass is 16.5. The van der Waals surface area contributed by atoms with Crippen LogP contribution < -0.4 is 9.47 Å². The van der Waals surface area contributed by atoms with Gasteiger partial charge in [-0.3, -0.25) is 0 Å². The highest BCUT2D eigenvalue weighted by molar-refractivity contribution is 5.38. The molecule has 0 unspecified atom stereocenters. The van der Waals surface area contributed by atoms with Gasteiger partial charge in [-0.15, -0.1) is 0 Å². The lowest BCUT2D eigenvalue weighted by Gasteiger charge is -2.46. The third kappa shape index (κ3) is 3.81. The van der Waals surface area contributed by atoms with Crippen LogP contribution in [0.5, 0.6) is 11.5 Å². The molecule has 1 saturated heterocycles. The zero-order chi connectivity index (χ0) is 18.9. The van der Waals surface area contributed by atoms with Gasteiger partial charge < -0.3 is 24.6 Å². The van der Waals surface area contributed by atoms with Crippen molar-refractivity contribution >= 4 is 0 Å². The van der Waals surface area contributed by atoms with E-state index in [1.54, 1.807) is 7.11 Å². The Hall–Kier alpha value is -2.08. The fraction of sp³-hybridized carbons (Fsp3) is 0.455. The van der Waals surface area contributed by atoms with Gasteiger partial charge in [0.1, 0.15) is 17.1 Å². The van der Waals surface area contributed by atoms with Crippen molar-refractivity contribution in [2.45, 2.75) is 37.1 Å². The molecule has 4 rings (SSSR count). The largest absolute Gasteiger partial charge is 0.497 e. The van der Waals surface area contributed by atoms with Crippen molar-refractivity contribution in [1.29, 1.82) is 0 Å². The molecule has 0 bridgehead atoms. The molecule has 1 fully saturated rings. The predicted molar refractivity (Wildman–Crippen MR) is 103 cm³/mol. The van der Waals surface area contributed by atoms with Gasteiger partial charge in [0.2, 0.25) is 0 Å². The van der Waals surface area contributed by atoms with E-state index in [2.05, 4.69) is 4.90 Å². The SMILES string of the molecule is COc1cccc([C@H](O)CN2CCC3(CC2)C[C@H](O)c2ccccc2O3)c1. The van der Waals surface area contributed by atoms with Gasteiger partial charge in [0.05, 0.1) is 19.3 Å². The fourth-order valence-electron chi connectivity index (χ4n) is 4.23. The van der Waals surface area contributed by atoms with Gasteiger partial charge in [-0.2, -0.15) is 0 Å². The van der Waals surface area contributed by atoms with Gasteiger partial charge in [-0.25, -0.2) is 0 Å². The summed E-state index contributed by atoms with van der Waals surface area (Å²) in [7, 11) is 1.63. The summed E-state index contributed by atoms with van der Waals surface area (Å²) in [6.45, 7) is 2.27. The standard InChI is InChI=1S/C22H27NO4/c1-26-17-6-4-5-16(13-17)20(25)15-23-11-9-22(10-12-23)14-19(24)18-7-2-3-8-21(18)27-22/h2-8,13,19-20,24-25H,9-12,14-15H2,1H3/t19-,20+/m0/s1. The Morgan fingerprint density at radius 3 is 2.74 bits per heavy atom. The molecule has 0 saturated carbocycles. The lowest BCUT2D eigenvalue weighted by atomic mass is 9.81. The summed E-state index contributed by atoms with van der Waals surface area (Å²) < 4.78 is 11.6. The van der Waals surface area contributed by atoms with Crippen LogP contribution in [0.2, 0.25) is 0 Å². The van der Waals surface area contributed by atoms with Crippen molar-refractivity contribution in [3.8, 4) is 11.5 Å². The van der Waals surface area contributed by atoms with Gasteiger partial charge in [-0.05, 0) is 36.6 Å². The second-order valence-electron chi connectivity index (χ2n) is 7.64. The summed E-state index contributed by atoms with van der Waals surface area (Å²) in [5, 5.41) is 21.1. The van der Waals surface area contributed by atoms with Crippen LogP contribution in [0, 0.1) is 0 Å². The van der Waals surface area contributed by atoms with E-state index < -0.39 is 12.2 Å². The normalized spacial score (nSPS) is 22.7. The van der Waals surface area contributed by atoms with E-state index in [0.29, 0.717) is 13.0 Å². The maximum absolute atomic E-state index is 10.6. The Balaban J connectivity index is 1.38. The molecule has 1 spiro atoms. The molecule has 2 aromatic rings. The van der Waals surface area contributed by atoms with Crippen LogP contribution in [-0.2, 0) is 0 Å². The first kappa shape index (κ1) is 18.3. The topological polar surface area (TPSA) is 62.2 Å². The molecule has 2 atom stereocenters. The average Bonchev–Trinajstić information content (AvgIpc) is 2.70. The van der Waals surface area contributed by atoms with Crippen molar-refractivity contribution in [3.05, 3.63) is 59.7 Å². The molecule has 5 nitrogen and oxygen atoms in total. The number of piperidine rings is 1. The number of nitrogens with zero attached hydrogens (tertiary/aromatic N) is 1. The van der Waals surface area contributed by atoms with Crippen molar-refractivity contribution in [1.82, 2.24) is 4.90 Å². The van der Waals surface area contributed by atoms with E-state index in [1.807, 2.05) is 48.5 Å². The van der Waals surface area contributed by atoms with Gasteiger partial charge >= 0.3 is 0 Å². The van der Waals surface area contributed by atoms with E-state index >= 15 is 0 Å². The minimum absolute atomic E-state index is 0.300. The summed E-state index contributed by atoms with van der Waals surface area (Å²) >= 11 is 0. The minimum Gasteiger partial charge on any atom is -0.497 e. The summed E-state index contributed by atoms with van der Waals surface area (Å²) in [6, 6.07) is 15.4. The Morgan fingerprint density at radius 2 is 1.96 bits per heavy atom. The number of fused-ring (bicyclic) bond motifs is 1. The van der Waals surface area contributed by atoms with Crippen LogP contribution >= 0.6 is 0 Å². The number of hydrogen-bond acceptors (Lipinski definition) is 5. The number of likely N-dealkylation sites (tertiary alicyclic amines) is 1. The number of rotatable bonds is 4. The monoisotopic (exact) mass is 369 g/mol. The number of aliphatic hydroxyl groups is 2. The number of ether oxygens (including phenoxy) is 2. The van der Waals surface area contributed by atoms with Crippen LogP contribution in [-0.4, -0.2) is 47.5 Å². The highest BCUT2D eigenvalue weighted by Crippen LogP contribution is 2.44. The zero-order valence-corrected chi connectivity index (χ0v) is 15.7. The molecule has 2 aromatic carbocycles. The van der Waals surface area contributed by atoms with E-state index in [9.17, 15) is 10.2 Å². The second-order valence-corrected chi connectivity index (χ2v) is 7.64. The maximum atomic E-state index is 10.6. The molecule has 2 heterocycles. The van der Waals surface area contributed by atoms with Crippen molar-refractivity contribution in [3.63, 3.8) is 0 Å². The van der Waals surface area contributed by atoms with Gasteiger partial charge in [0.25, 0.3) is 0 Å². The number of methoxy groups -OCH3 is 1. The molecule has 0 amide bonds. The van der Waals surface area contributed by atoms with Gasteiger partial charge in [0.15, 0.2) is 0 Å². The van der Waals surface area contributed by atoms with E-state index in [1.165, 1.54) is 0 Å². The van der Waals surface area contributed by atoms with Crippen LogP contribution in [0.25, 0.3) is 0 Å². The van der Waals surface area contributed by atoms with E-state index in [0.717, 1.165) is 48.6 Å². The number of para-hydroxylation sites is 1. The van der Waals surface area contributed by atoms with Gasteiger partial charge in [0, 0.05) is 31.6 Å². The number of aliphatic hydroxyl groups excluding tert-OH is 2. The van der Waals surface area contributed by atoms with Crippen molar-refractivity contribution in [2.75, 3.05) is 26.7 Å². The summed E-state index contributed by atoms with van der Waals surface area (Å²) in [5.74, 6) is 1.56. The van der Waals surface area contributed by atoms with Gasteiger partial charge in [-0.1, -0.05) is 30.3 Å². The first-order valence-electron chi connectivity index (χ1n) is 9.59. The average molecular weight is 369 g/mol. The first-order valence-corrected chi connectivity index (χ1v) is 9.59. The molecule has 0 aliphatic carbocycles. The summed E-state index contributed by atoms with van der Waals surface area (Å²) in [5.41, 5.74) is 1.46. The molecule has 144 valence electrons. The molecular formula is C22H27NO4. The van der Waals surface area contributed by atoms with Crippen LogP contribution in [0.15, 0.2) is 48.5 Å². The lowest BCUT2D eigenvalue weighted by molar-refractivity contribution is -0.0587. The molecule has 0 radical (unpaired) electrons. The molecule has 2 aliphatic rings. The Bertz CT molecular complexity index is 785. The smallest absolute Gasteiger partial charge is 0.125 e. The molecule has 2 aliphatic heterocycles. The number of β-amino-alcohol motifs (C(OH)–C–C–N with tert-alkyl or cyclic N) is 1. The molecule has 2 N–H and O–H groups in total. The Morgan fingerprint density at radius 1 is 1.19 bits per heavy atom. The molecule has 27 heavy (non-hydrogen) atoms. The van der Waals surface area contributed by atoms with E-state index in [-0.39, 0.29) is 5.60 Å². The Kier molecular flexibility index (Phi) is 5.08. The maximum Gasteiger partial charge on any atom is 0.125 e. The quantitative estimate of drug-likeness (QED) is 0.867. The minimum atomic E-state index is -0.548. The summed E-state index contributed by atoms with van der Waals surface area (Å²) in [4.78, 5) is 2.27. The fourth-order valence-corrected chi connectivity index (χ4v) is 4.23. The molecule has 5 heteroatoms. The Labute approximate surface area is 160 Å². The van der Waals surface area contributed by atoms with Crippen molar-refractivity contribution in [2.24, 2.45) is 0 Å². The number of hydrogen-bond donors (Lipinski definition) is 2. The summed E-state index contributed by atoms with van der Waals surface area (Å²) in [6.07, 6.45) is 1.32. The molecular weight excluding hydrogens is 342 g/mol. The first-order chi connectivity index (χ1) is 13.1. The third-order valence-corrected chi connectivity index (χ3v) is 5.85. The van der Waals surface area contributed by atoms with Crippen LogP contribution in [0.1, 0.15) is 42.6 Å². The zero-order valence-electron chi connectivity index (χ0n) is 15.7. The predicted octanol–water partition coefficient (Wildman–Crippen LogP) is 3.08. The molecule has 0 aromatic heterocycles.